The van der Waals surface area contributed by atoms with E-state index in [-0.39, 0.29) is 6.03 Å². The fourth-order valence-electron chi connectivity index (χ4n) is 1.40. The molecule has 0 unspecified atom stereocenters. The van der Waals surface area contributed by atoms with Crippen LogP contribution in [-0.2, 0) is 0 Å². The van der Waals surface area contributed by atoms with Gasteiger partial charge in [-0.15, -0.1) is 0 Å². The number of nitrogens with one attached hydrogen (secondary N) is 1. The molecule has 104 valence electrons. The number of halogens is 1. The normalized spacial score (nSPS) is 9.95. The highest BCUT2D eigenvalue weighted by molar-refractivity contribution is 6.31. The maximum Gasteiger partial charge on any atom is 0.321 e. The van der Waals surface area contributed by atoms with Crippen molar-refractivity contribution in [2.45, 2.75) is 0 Å². The largest absolute Gasteiger partial charge is 0.438 e. The highest BCUT2D eigenvalue weighted by Crippen LogP contribution is 2.27. The van der Waals surface area contributed by atoms with Crippen LogP contribution in [0.4, 0.5) is 10.5 Å². The van der Waals surface area contributed by atoms with E-state index in [1.165, 1.54) is 4.90 Å². The molecule has 0 saturated heterocycles. The molecular weight excluding hydrogens is 278 g/mol. The number of nitrogens with zero attached hydrogens (tertiary/aromatic N) is 2. The third-order valence-corrected chi connectivity index (χ3v) is 2.74. The first kappa shape index (κ1) is 14.1. The van der Waals surface area contributed by atoms with Crippen LogP contribution >= 0.6 is 11.6 Å². The van der Waals surface area contributed by atoms with Crippen LogP contribution in [0.3, 0.4) is 0 Å². The number of carbonyl (C=O) groups is 1. The van der Waals surface area contributed by atoms with E-state index in [2.05, 4.69) is 10.3 Å². The van der Waals surface area contributed by atoms with Crippen LogP contribution in [0.15, 0.2) is 42.6 Å². The Morgan fingerprint density at radius 3 is 2.55 bits per heavy atom. The van der Waals surface area contributed by atoms with Crippen molar-refractivity contribution in [2.75, 3.05) is 19.4 Å². The van der Waals surface area contributed by atoms with E-state index in [9.17, 15) is 4.79 Å². The molecule has 0 radical (unpaired) electrons. The molecule has 2 aromatic rings. The number of hydrogen-bond acceptors (Lipinski definition) is 3. The molecule has 0 spiro atoms. The third kappa shape index (κ3) is 3.61. The second kappa shape index (κ2) is 6.25. The van der Waals surface area contributed by atoms with Gasteiger partial charge >= 0.3 is 6.03 Å². The van der Waals surface area contributed by atoms with Crippen LogP contribution in [0.25, 0.3) is 0 Å². The Hall–Kier alpha value is -2.27. The summed E-state index contributed by atoms with van der Waals surface area (Å²) in [5, 5.41) is 3.18. The third-order valence-electron chi connectivity index (χ3n) is 2.45. The Bertz CT molecular complexity index is 600. The minimum Gasteiger partial charge on any atom is -0.438 e. The molecule has 0 saturated carbocycles. The summed E-state index contributed by atoms with van der Waals surface area (Å²) in [6.07, 6.45) is 1.60. The van der Waals surface area contributed by atoms with Gasteiger partial charge in [-0.05, 0) is 36.4 Å². The predicted molar refractivity (Wildman–Crippen MR) is 78.5 cm³/mol. The van der Waals surface area contributed by atoms with E-state index in [4.69, 9.17) is 16.3 Å². The average Bonchev–Trinajstić information content (AvgIpc) is 2.43. The fourth-order valence-corrected chi connectivity index (χ4v) is 1.56. The van der Waals surface area contributed by atoms with Crippen LogP contribution in [-0.4, -0.2) is 30.0 Å². The highest BCUT2D eigenvalue weighted by atomic mass is 35.5. The molecule has 6 heteroatoms. The Balaban J connectivity index is 2.05. The van der Waals surface area contributed by atoms with E-state index in [1.54, 1.807) is 56.7 Å². The number of carbonyl (C=O) groups excluding carboxylic acids is 1. The molecule has 1 heterocycles. The summed E-state index contributed by atoms with van der Waals surface area (Å²) in [4.78, 5) is 17.0. The molecule has 0 aliphatic carbocycles. The maximum absolute atomic E-state index is 11.5. The molecule has 1 aromatic heterocycles. The van der Waals surface area contributed by atoms with Crippen molar-refractivity contribution in [3.63, 3.8) is 0 Å². The number of amides is 2. The monoisotopic (exact) mass is 291 g/mol. The summed E-state index contributed by atoms with van der Waals surface area (Å²) in [7, 11) is 3.35. The van der Waals surface area contributed by atoms with Gasteiger partial charge in [0, 0.05) is 26.0 Å². The average molecular weight is 292 g/mol. The predicted octanol–water partition coefficient (Wildman–Crippen LogP) is 3.62. The lowest BCUT2D eigenvalue weighted by Gasteiger charge is -2.12. The minimum atomic E-state index is -0.188. The van der Waals surface area contributed by atoms with Gasteiger partial charge in [0.05, 0.1) is 0 Å². The number of ether oxygens (including phenoxy) is 1. The van der Waals surface area contributed by atoms with Gasteiger partial charge in [-0.2, -0.15) is 0 Å². The number of hydrogen-bond donors (Lipinski definition) is 1. The maximum atomic E-state index is 11.5. The van der Waals surface area contributed by atoms with Gasteiger partial charge in [-0.1, -0.05) is 11.6 Å². The van der Waals surface area contributed by atoms with Gasteiger partial charge in [-0.25, -0.2) is 9.78 Å². The van der Waals surface area contributed by atoms with Crippen LogP contribution < -0.4 is 10.1 Å². The van der Waals surface area contributed by atoms with E-state index in [0.29, 0.717) is 22.3 Å². The molecular formula is C14H14ClN3O2. The van der Waals surface area contributed by atoms with Crippen molar-refractivity contribution < 1.29 is 9.53 Å². The van der Waals surface area contributed by atoms with Gasteiger partial charge in [0.25, 0.3) is 0 Å². The molecule has 1 aromatic carbocycles. The molecule has 0 aliphatic heterocycles. The zero-order valence-electron chi connectivity index (χ0n) is 11.1. The topological polar surface area (TPSA) is 54.5 Å². The molecule has 5 nitrogen and oxygen atoms in total. The van der Waals surface area contributed by atoms with Crippen molar-refractivity contribution in [3.8, 4) is 11.6 Å². The second-order valence-electron chi connectivity index (χ2n) is 4.24. The summed E-state index contributed by atoms with van der Waals surface area (Å²) in [5.74, 6) is 0.938. The van der Waals surface area contributed by atoms with Crippen LogP contribution in [0.5, 0.6) is 11.6 Å². The minimum absolute atomic E-state index is 0.188. The van der Waals surface area contributed by atoms with Crippen molar-refractivity contribution in [2.24, 2.45) is 0 Å². The second-order valence-corrected chi connectivity index (χ2v) is 4.65. The first-order chi connectivity index (χ1) is 9.56. The van der Waals surface area contributed by atoms with Crippen LogP contribution in [0.2, 0.25) is 5.02 Å². The summed E-state index contributed by atoms with van der Waals surface area (Å²) >= 11 is 5.96. The fraction of sp³-hybridized carbons (Fsp3) is 0.143. The van der Waals surface area contributed by atoms with E-state index in [1.807, 2.05) is 0 Å². The summed E-state index contributed by atoms with van der Waals surface area (Å²) in [6, 6.07) is 10.2. The van der Waals surface area contributed by atoms with Crippen molar-refractivity contribution in [3.05, 3.63) is 47.6 Å². The lowest BCUT2D eigenvalue weighted by molar-refractivity contribution is 0.230. The number of rotatable bonds is 3. The summed E-state index contributed by atoms with van der Waals surface area (Å²) in [5.41, 5.74) is 0.683. The Morgan fingerprint density at radius 2 is 1.95 bits per heavy atom. The molecule has 1 N–H and O–H groups in total. The molecule has 0 aliphatic rings. The molecule has 2 amide bonds. The number of benzene rings is 1. The molecule has 20 heavy (non-hydrogen) atoms. The zero-order chi connectivity index (χ0) is 14.5. The molecule has 0 bridgehead atoms. The van der Waals surface area contributed by atoms with Crippen molar-refractivity contribution >= 4 is 23.3 Å². The zero-order valence-corrected chi connectivity index (χ0v) is 11.9. The van der Waals surface area contributed by atoms with E-state index < -0.39 is 0 Å². The van der Waals surface area contributed by atoms with Crippen molar-refractivity contribution in [1.29, 1.82) is 0 Å². The van der Waals surface area contributed by atoms with E-state index >= 15 is 0 Å². The van der Waals surface area contributed by atoms with Crippen LogP contribution in [0, 0.1) is 0 Å². The van der Waals surface area contributed by atoms with E-state index in [0.717, 1.165) is 0 Å². The summed E-state index contributed by atoms with van der Waals surface area (Å²) < 4.78 is 5.55. The van der Waals surface area contributed by atoms with Crippen LogP contribution in [0.1, 0.15) is 0 Å². The molecule has 0 atom stereocenters. The first-order valence-electron chi connectivity index (χ1n) is 5.93. The number of pyridine rings is 1. The highest BCUT2D eigenvalue weighted by Gasteiger charge is 2.06. The van der Waals surface area contributed by atoms with Gasteiger partial charge in [0.15, 0.2) is 0 Å². The standard InChI is InChI=1S/C14H14ClN3O2/c1-18(2)14(19)17-10-5-7-11(8-6-10)20-13-12(15)4-3-9-16-13/h3-9H,1-2H3,(H,17,19). The lowest BCUT2D eigenvalue weighted by Crippen LogP contribution is -2.27. The number of aromatic nitrogens is 1. The molecule has 2 rings (SSSR count). The van der Waals surface area contributed by atoms with Gasteiger partial charge < -0.3 is 15.0 Å². The lowest BCUT2D eigenvalue weighted by atomic mass is 10.3. The Morgan fingerprint density at radius 1 is 1.25 bits per heavy atom. The van der Waals surface area contributed by atoms with Gasteiger partial charge in [0.1, 0.15) is 10.8 Å². The Kier molecular flexibility index (Phi) is 4.42. The Labute approximate surface area is 122 Å². The van der Waals surface area contributed by atoms with Crippen molar-refractivity contribution in [1.82, 2.24) is 9.88 Å². The molecule has 0 fully saturated rings. The quantitative estimate of drug-likeness (QED) is 0.939. The SMILES string of the molecule is CN(C)C(=O)Nc1ccc(Oc2ncccc2Cl)cc1. The summed E-state index contributed by atoms with van der Waals surface area (Å²) in [6.45, 7) is 0. The van der Waals surface area contributed by atoms with Gasteiger partial charge in [0.2, 0.25) is 5.88 Å². The number of anilines is 1. The first-order valence-corrected chi connectivity index (χ1v) is 6.31. The number of urea groups is 1. The van der Waals surface area contributed by atoms with Gasteiger partial charge in [-0.3, -0.25) is 0 Å². The smallest absolute Gasteiger partial charge is 0.321 e.